The van der Waals surface area contributed by atoms with Gasteiger partial charge in [0.2, 0.25) is 10.0 Å². The summed E-state index contributed by atoms with van der Waals surface area (Å²) in [4.78, 5) is 0.760. The standard InChI is InChI=1S/C11H19NO3S2/c1-3-4-8-17(14,15)12-9-11(2,13)10-6-5-7-16-10/h5-7,12-13H,3-4,8-9H2,1-2H3/t11-/m1/s1. The van der Waals surface area contributed by atoms with Gasteiger partial charge in [-0.2, -0.15) is 0 Å². The lowest BCUT2D eigenvalue weighted by Gasteiger charge is -2.22. The number of sulfonamides is 1. The molecule has 0 radical (unpaired) electrons. The molecule has 0 saturated carbocycles. The quantitative estimate of drug-likeness (QED) is 0.797. The predicted octanol–water partition coefficient (Wildman–Crippen LogP) is 1.68. The van der Waals surface area contributed by atoms with E-state index >= 15 is 0 Å². The van der Waals surface area contributed by atoms with Crippen LogP contribution >= 0.6 is 11.3 Å². The summed E-state index contributed by atoms with van der Waals surface area (Å²) in [5, 5.41) is 12.0. The van der Waals surface area contributed by atoms with Gasteiger partial charge in [0, 0.05) is 11.4 Å². The second-order valence-electron chi connectivity index (χ2n) is 4.24. The lowest BCUT2D eigenvalue weighted by atomic mass is 10.1. The van der Waals surface area contributed by atoms with Crippen molar-refractivity contribution in [3.8, 4) is 0 Å². The Bertz CT molecular complexity index is 424. The fourth-order valence-corrected chi connectivity index (χ4v) is 3.43. The molecular weight excluding hydrogens is 258 g/mol. The Balaban J connectivity index is 2.56. The third-order valence-electron chi connectivity index (χ3n) is 2.45. The zero-order chi connectivity index (χ0) is 12.9. The topological polar surface area (TPSA) is 66.4 Å². The monoisotopic (exact) mass is 277 g/mol. The van der Waals surface area contributed by atoms with Gasteiger partial charge in [0.25, 0.3) is 0 Å². The molecule has 0 saturated heterocycles. The van der Waals surface area contributed by atoms with E-state index in [1.54, 1.807) is 13.0 Å². The number of hydrogen-bond acceptors (Lipinski definition) is 4. The van der Waals surface area contributed by atoms with Crippen molar-refractivity contribution in [3.05, 3.63) is 22.4 Å². The largest absolute Gasteiger partial charge is 0.383 e. The Labute approximate surface area is 107 Å². The SMILES string of the molecule is CCCCS(=O)(=O)NC[C@@](C)(O)c1cccs1. The molecule has 0 spiro atoms. The third-order valence-corrected chi connectivity index (χ3v) is 4.99. The molecule has 6 heteroatoms. The smallest absolute Gasteiger partial charge is 0.211 e. The highest BCUT2D eigenvalue weighted by molar-refractivity contribution is 7.89. The van der Waals surface area contributed by atoms with Gasteiger partial charge in [-0.3, -0.25) is 0 Å². The van der Waals surface area contributed by atoms with Crippen LogP contribution < -0.4 is 4.72 Å². The van der Waals surface area contributed by atoms with Gasteiger partial charge >= 0.3 is 0 Å². The number of unbranched alkanes of at least 4 members (excludes halogenated alkanes) is 1. The number of thiophene rings is 1. The van der Waals surface area contributed by atoms with E-state index < -0.39 is 15.6 Å². The van der Waals surface area contributed by atoms with Gasteiger partial charge in [0.1, 0.15) is 5.60 Å². The highest BCUT2D eigenvalue weighted by atomic mass is 32.2. The minimum Gasteiger partial charge on any atom is -0.383 e. The molecule has 0 fully saturated rings. The van der Waals surface area contributed by atoms with Crippen LogP contribution in [0.15, 0.2) is 17.5 Å². The van der Waals surface area contributed by atoms with Crippen molar-refractivity contribution in [2.24, 2.45) is 0 Å². The van der Waals surface area contributed by atoms with E-state index in [1.807, 2.05) is 18.4 Å². The summed E-state index contributed by atoms with van der Waals surface area (Å²) >= 11 is 1.41. The molecule has 0 amide bonds. The third kappa shape index (κ3) is 4.75. The molecule has 17 heavy (non-hydrogen) atoms. The summed E-state index contributed by atoms with van der Waals surface area (Å²) in [5.74, 6) is 0.115. The molecular formula is C11H19NO3S2. The first-order valence-corrected chi connectivity index (χ1v) is 8.14. The van der Waals surface area contributed by atoms with Crippen LogP contribution in [0.3, 0.4) is 0 Å². The van der Waals surface area contributed by atoms with Crippen molar-refractivity contribution in [1.82, 2.24) is 4.72 Å². The summed E-state index contributed by atoms with van der Waals surface area (Å²) in [6, 6.07) is 3.63. The van der Waals surface area contributed by atoms with Crippen molar-refractivity contribution in [3.63, 3.8) is 0 Å². The van der Waals surface area contributed by atoms with Gasteiger partial charge in [-0.15, -0.1) is 11.3 Å². The molecule has 1 atom stereocenters. The molecule has 1 heterocycles. The Morgan fingerprint density at radius 1 is 1.53 bits per heavy atom. The van der Waals surface area contributed by atoms with Gasteiger partial charge in [-0.25, -0.2) is 13.1 Å². The van der Waals surface area contributed by atoms with Crippen molar-refractivity contribution in [1.29, 1.82) is 0 Å². The lowest BCUT2D eigenvalue weighted by molar-refractivity contribution is 0.0666. The molecule has 98 valence electrons. The average Bonchev–Trinajstić information content (AvgIpc) is 2.78. The van der Waals surface area contributed by atoms with Gasteiger partial charge in [-0.1, -0.05) is 19.4 Å². The van der Waals surface area contributed by atoms with E-state index in [0.717, 1.165) is 11.3 Å². The molecule has 4 nitrogen and oxygen atoms in total. The van der Waals surface area contributed by atoms with Crippen LogP contribution in [0.25, 0.3) is 0 Å². The van der Waals surface area contributed by atoms with Crippen molar-refractivity contribution >= 4 is 21.4 Å². The molecule has 0 aliphatic heterocycles. The van der Waals surface area contributed by atoms with Gasteiger partial charge in [-0.05, 0) is 24.8 Å². The van der Waals surface area contributed by atoms with E-state index in [1.165, 1.54) is 11.3 Å². The van der Waals surface area contributed by atoms with Crippen molar-refractivity contribution in [2.45, 2.75) is 32.3 Å². The fourth-order valence-electron chi connectivity index (χ4n) is 1.33. The molecule has 0 aromatic carbocycles. The van der Waals surface area contributed by atoms with E-state index in [2.05, 4.69) is 4.72 Å². The molecule has 0 aliphatic carbocycles. The van der Waals surface area contributed by atoms with E-state index in [4.69, 9.17) is 0 Å². The molecule has 1 aromatic heterocycles. The molecule has 1 aromatic rings. The van der Waals surface area contributed by atoms with E-state index in [0.29, 0.717) is 6.42 Å². The molecule has 0 bridgehead atoms. The molecule has 1 rings (SSSR count). The van der Waals surface area contributed by atoms with Crippen LogP contribution in [0.2, 0.25) is 0 Å². The zero-order valence-corrected chi connectivity index (χ0v) is 11.8. The summed E-state index contributed by atoms with van der Waals surface area (Å²) < 4.78 is 25.6. The highest BCUT2D eigenvalue weighted by Crippen LogP contribution is 2.24. The van der Waals surface area contributed by atoms with Gasteiger partial charge in [0.05, 0.1) is 5.75 Å². The Morgan fingerprint density at radius 3 is 2.76 bits per heavy atom. The molecule has 2 N–H and O–H groups in total. The maximum absolute atomic E-state index is 11.6. The van der Waals surface area contributed by atoms with E-state index in [-0.39, 0.29) is 12.3 Å². The lowest BCUT2D eigenvalue weighted by Crippen LogP contribution is -2.39. The van der Waals surface area contributed by atoms with Gasteiger partial charge < -0.3 is 5.11 Å². The van der Waals surface area contributed by atoms with Gasteiger partial charge in [0.15, 0.2) is 0 Å². The Hall–Kier alpha value is -0.430. The summed E-state index contributed by atoms with van der Waals surface area (Å²) in [6.45, 7) is 3.57. The van der Waals surface area contributed by atoms with Crippen LogP contribution in [-0.4, -0.2) is 25.8 Å². The minimum absolute atomic E-state index is 0.0135. The Kier molecular flexibility index (Phi) is 5.12. The summed E-state index contributed by atoms with van der Waals surface area (Å²) in [5.41, 5.74) is -1.15. The van der Waals surface area contributed by atoms with Crippen LogP contribution in [0.1, 0.15) is 31.6 Å². The second kappa shape index (κ2) is 5.95. The predicted molar refractivity (Wildman–Crippen MR) is 70.6 cm³/mol. The molecule has 0 unspecified atom stereocenters. The zero-order valence-electron chi connectivity index (χ0n) is 10.1. The summed E-state index contributed by atoms with van der Waals surface area (Å²) in [7, 11) is -3.27. The number of rotatable bonds is 7. The maximum Gasteiger partial charge on any atom is 0.211 e. The van der Waals surface area contributed by atoms with Crippen LogP contribution in [0, 0.1) is 0 Å². The normalized spacial score (nSPS) is 15.7. The first kappa shape index (κ1) is 14.6. The van der Waals surface area contributed by atoms with Crippen LogP contribution in [-0.2, 0) is 15.6 Å². The number of aliphatic hydroxyl groups is 1. The number of nitrogens with one attached hydrogen (secondary N) is 1. The first-order valence-electron chi connectivity index (χ1n) is 5.61. The van der Waals surface area contributed by atoms with E-state index in [9.17, 15) is 13.5 Å². The first-order chi connectivity index (χ1) is 7.87. The number of hydrogen-bond donors (Lipinski definition) is 2. The minimum atomic E-state index is -3.27. The fraction of sp³-hybridized carbons (Fsp3) is 0.636. The second-order valence-corrected chi connectivity index (χ2v) is 7.12. The van der Waals surface area contributed by atoms with Crippen LogP contribution in [0.5, 0.6) is 0 Å². The van der Waals surface area contributed by atoms with Crippen LogP contribution in [0.4, 0.5) is 0 Å². The average molecular weight is 277 g/mol. The summed E-state index contributed by atoms with van der Waals surface area (Å²) in [6.07, 6.45) is 1.47. The maximum atomic E-state index is 11.6. The van der Waals surface area contributed by atoms with Crippen molar-refractivity contribution < 1.29 is 13.5 Å². The highest BCUT2D eigenvalue weighted by Gasteiger charge is 2.26. The van der Waals surface area contributed by atoms with Crippen molar-refractivity contribution in [2.75, 3.05) is 12.3 Å². The molecule has 0 aliphatic rings. The Morgan fingerprint density at radius 2 is 2.24 bits per heavy atom.